The molecule has 108 valence electrons. The topological polar surface area (TPSA) is 29.9 Å². The van der Waals surface area contributed by atoms with Crippen molar-refractivity contribution in [3.63, 3.8) is 0 Å². The van der Waals surface area contributed by atoms with E-state index in [1.807, 2.05) is 31.2 Å². The second kappa shape index (κ2) is 7.86. The summed E-state index contributed by atoms with van der Waals surface area (Å²) in [5.74, 6) is 2.19. The standard InChI is InChI=1S/C15H20BrN3S/c1-3-19-9-8-18-15(19)10-13(17-2)11-20-14-6-4-12(16)5-7-14/h4-9,13,17H,3,10-11H2,1-2H3. The summed E-state index contributed by atoms with van der Waals surface area (Å²) in [6, 6.07) is 8.89. The molecule has 0 amide bonds. The number of hydrogen-bond donors (Lipinski definition) is 1. The first kappa shape index (κ1) is 15.6. The Balaban J connectivity index is 1.90. The van der Waals surface area contributed by atoms with Gasteiger partial charge in [-0.3, -0.25) is 0 Å². The monoisotopic (exact) mass is 353 g/mol. The van der Waals surface area contributed by atoms with E-state index in [2.05, 4.69) is 62.0 Å². The third-order valence-electron chi connectivity index (χ3n) is 3.24. The molecule has 2 rings (SSSR count). The van der Waals surface area contributed by atoms with Gasteiger partial charge in [0.25, 0.3) is 0 Å². The number of halogens is 1. The SMILES string of the molecule is CCn1ccnc1CC(CSc1ccc(Br)cc1)NC. The Labute approximate surface area is 133 Å². The fraction of sp³-hybridized carbons (Fsp3) is 0.400. The molecule has 2 aromatic rings. The van der Waals surface area contributed by atoms with Gasteiger partial charge in [-0.2, -0.15) is 0 Å². The first-order valence-corrected chi connectivity index (χ1v) is 8.56. The van der Waals surface area contributed by atoms with Crippen molar-refractivity contribution in [2.75, 3.05) is 12.8 Å². The van der Waals surface area contributed by atoms with Crippen LogP contribution in [0.1, 0.15) is 12.7 Å². The minimum Gasteiger partial charge on any atom is -0.335 e. The number of nitrogens with zero attached hydrogens (tertiary/aromatic N) is 2. The molecule has 1 heterocycles. The molecule has 0 saturated carbocycles. The molecule has 0 aliphatic carbocycles. The van der Waals surface area contributed by atoms with Gasteiger partial charge in [0.1, 0.15) is 5.82 Å². The molecular weight excluding hydrogens is 334 g/mol. The summed E-state index contributed by atoms with van der Waals surface area (Å²) in [6.45, 7) is 3.13. The van der Waals surface area contributed by atoms with Gasteiger partial charge in [-0.1, -0.05) is 15.9 Å². The zero-order chi connectivity index (χ0) is 14.4. The van der Waals surface area contributed by atoms with Crippen LogP contribution in [-0.2, 0) is 13.0 Å². The number of imidazole rings is 1. The highest BCUT2D eigenvalue weighted by Crippen LogP contribution is 2.21. The third-order valence-corrected chi connectivity index (χ3v) is 4.95. The fourth-order valence-corrected chi connectivity index (χ4v) is 3.28. The summed E-state index contributed by atoms with van der Waals surface area (Å²) in [7, 11) is 2.02. The van der Waals surface area contributed by atoms with Crippen molar-refractivity contribution >= 4 is 27.7 Å². The molecule has 0 aliphatic heterocycles. The molecule has 1 unspecified atom stereocenters. The lowest BCUT2D eigenvalue weighted by Crippen LogP contribution is -2.31. The lowest BCUT2D eigenvalue weighted by atomic mass is 10.2. The molecule has 0 spiro atoms. The number of thioether (sulfide) groups is 1. The molecule has 0 bridgehead atoms. The first-order chi connectivity index (χ1) is 9.72. The van der Waals surface area contributed by atoms with Gasteiger partial charge in [-0.15, -0.1) is 11.8 Å². The molecule has 0 saturated heterocycles. The van der Waals surface area contributed by atoms with E-state index >= 15 is 0 Å². The molecule has 0 radical (unpaired) electrons. The Morgan fingerprint density at radius 2 is 2.10 bits per heavy atom. The number of hydrogen-bond acceptors (Lipinski definition) is 3. The van der Waals surface area contributed by atoms with Gasteiger partial charge in [-0.25, -0.2) is 4.98 Å². The van der Waals surface area contributed by atoms with Crippen LogP contribution in [-0.4, -0.2) is 28.4 Å². The predicted molar refractivity (Wildman–Crippen MR) is 89.3 cm³/mol. The van der Waals surface area contributed by atoms with Crippen LogP contribution in [0.4, 0.5) is 0 Å². The first-order valence-electron chi connectivity index (χ1n) is 6.78. The molecule has 1 aromatic carbocycles. The van der Waals surface area contributed by atoms with Gasteiger partial charge < -0.3 is 9.88 Å². The minimum absolute atomic E-state index is 0.427. The predicted octanol–water partition coefficient (Wildman–Crippen LogP) is 3.59. The lowest BCUT2D eigenvalue weighted by Gasteiger charge is -2.16. The van der Waals surface area contributed by atoms with Crippen LogP contribution in [0.15, 0.2) is 46.0 Å². The molecule has 0 fully saturated rings. The van der Waals surface area contributed by atoms with Crippen LogP contribution in [0.25, 0.3) is 0 Å². The van der Waals surface area contributed by atoms with E-state index in [0.29, 0.717) is 6.04 Å². The van der Waals surface area contributed by atoms with Crippen LogP contribution >= 0.6 is 27.7 Å². The van der Waals surface area contributed by atoms with E-state index in [0.717, 1.165) is 29.0 Å². The maximum Gasteiger partial charge on any atom is 0.110 e. The van der Waals surface area contributed by atoms with Crippen LogP contribution in [0.5, 0.6) is 0 Å². The summed E-state index contributed by atoms with van der Waals surface area (Å²) in [4.78, 5) is 5.75. The van der Waals surface area contributed by atoms with Crippen molar-refractivity contribution in [3.05, 3.63) is 47.0 Å². The highest BCUT2D eigenvalue weighted by atomic mass is 79.9. The Bertz CT molecular complexity index is 524. The molecule has 3 nitrogen and oxygen atoms in total. The van der Waals surface area contributed by atoms with E-state index in [1.165, 1.54) is 4.90 Å². The maximum absolute atomic E-state index is 4.45. The second-order valence-corrected chi connectivity index (χ2v) is 6.59. The number of aromatic nitrogens is 2. The minimum atomic E-state index is 0.427. The molecule has 0 aliphatic rings. The van der Waals surface area contributed by atoms with E-state index in [1.54, 1.807) is 0 Å². The average Bonchev–Trinajstić information content (AvgIpc) is 2.92. The number of rotatable bonds is 7. The Morgan fingerprint density at radius 3 is 2.75 bits per heavy atom. The largest absolute Gasteiger partial charge is 0.335 e. The van der Waals surface area contributed by atoms with Crippen molar-refractivity contribution in [2.45, 2.75) is 30.8 Å². The summed E-state index contributed by atoms with van der Waals surface area (Å²) in [6.07, 6.45) is 4.89. The molecule has 20 heavy (non-hydrogen) atoms. The summed E-state index contributed by atoms with van der Waals surface area (Å²) in [5, 5.41) is 3.39. The van der Waals surface area contributed by atoms with Crippen molar-refractivity contribution in [1.82, 2.24) is 14.9 Å². The number of aryl methyl sites for hydroxylation is 1. The van der Waals surface area contributed by atoms with Crippen molar-refractivity contribution in [2.24, 2.45) is 0 Å². The van der Waals surface area contributed by atoms with Crippen molar-refractivity contribution < 1.29 is 0 Å². The fourth-order valence-electron chi connectivity index (χ4n) is 2.01. The van der Waals surface area contributed by atoms with Gasteiger partial charge in [-0.05, 0) is 38.2 Å². The molecular formula is C15H20BrN3S. The van der Waals surface area contributed by atoms with Gasteiger partial charge in [0.15, 0.2) is 0 Å². The highest BCUT2D eigenvalue weighted by molar-refractivity contribution is 9.10. The maximum atomic E-state index is 4.45. The van der Waals surface area contributed by atoms with Gasteiger partial charge in [0, 0.05) is 46.5 Å². The lowest BCUT2D eigenvalue weighted by molar-refractivity contribution is 0.573. The Kier molecular flexibility index (Phi) is 6.13. The molecule has 1 N–H and O–H groups in total. The zero-order valence-electron chi connectivity index (χ0n) is 11.8. The smallest absolute Gasteiger partial charge is 0.110 e. The van der Waals surface area contributed by atoms with Crippen LogP contribution in [0.2, 0.25) is 0 Å². The molecule has 1 atom stereocenters. The zero-order valence-corrected chi connectivity index (χ0v) is 14.2. The second-order valence-electron chi connectivity index (χ2n) is 4.58. The normalized spacial score (nSPS) is 12.6. The van der Waals surface area contributed by atoms with Crippen LogP contribution < -0.4 is 5.32 Å². The molecule has 1 aromatic heterocycles. The Hall–Kier alpha value is -0.780. The number of nitrogens with one attached hydrogen (secondary N) is 1. The van der Waals surface area contributed by atoms with E-state index < -0.39 is 0 Å². The highest BCUT2D eigenvalue weighted by Gasteiger charge is 2.11. The quantitative estimate of drug-likeness (QED) is 0.771. The Morgan fingerprint density at radius 1 is 1.35 bits per heavy atom. The van der Waals surface area contributed by atoms with Crippen molar-refractivity contribution in [3.8, 4) is 0 Å². The summed E-state index contributed by atoms with van der Waals surface area (Å²) < 4.78 is 3.33. The third kappa shape index (κ3) is 4.36. The van der Waals surface area contributed by atoms with Gasteiger partial charge >= 0.3 is 0 Å². The molecule has 5 heteroatoms. The van der Waals surface area contributed by atoms with Crippen LogP contribution in [0.3, 0.4) is 0 Å². The van der Waals surface area contributed by atoms with E-state index in [-0.39, 0.29) is 0 Å². The van der Waals surface area contributed by atoms with E-state index in [9.17, 15) is 0 Å². The summed E-state index contributed by atoms with van der Waals surface area (Å²) in [5.41, 5.74) is 0. The van der Waals surface area contributed by atoms with Gasteiger partial charge in [0.05, 0.1) is 0 Å². The van der Waals surface area contributed by atoms with Gasteiger partial charge in [0.2, 0.25) is 0 Å². The summed E-state index contributed by atoms with van der Waals surface area (Å²) >= 11 is 5.34. The average molecular weight is 354 g/mol. The van der Waals surface area contributed by atoms with Crippen LogP contribution in [0, 0.1) is 0 Å². The van der Waals surface area contributed by atoms with Crippen molar-refractivity contribution in [1.29, 1.82) is 0 Å². The van der Waals surface area contributed by atoms with E-state index in [4.69, 9.17) is 0 Å². The number of likely N-dealkylation sites (N-methyl/N-ethyl adjacent to an activating group) is 1. The number of benzene rings is 1.